The van der Waals surface area contributed by atoms with Crippen molar-refractivity contribution in [3.8, 4) is 5.75 Å². The van der Waals surface area contributed by atoms with Gasteiger partial charge < -0.3 is 14.4 Å². The van der Waals surface area contributed by atoms with Crippen molar-refractivity contribution >= 4 is 23.2 Å². The molecule has 3 rings (SSSR count). The van der Waals surface area contributed by atoms with E-state index in [1.165, 1.54) is 17.8 Å². The molecule has 0 spiro atoms. The van der Waals surface area contributed by atoms with Gasteiger partial charge in [-0.3, -0.25) is 4.79 Å². The highest BCUT2D eigenvalue weighted by Crippen LogP contribution is 2.26. The molecule has 1 aromatic heterocycles. The normalized spacial score (nSPS) is 14.4. The summed E-state index contributed by atoms with van der Waals surface area (Å²) in [4.78, 5) is 31.5. The molecule has 1 amide bonds. The van der Waals surface area contributed by atoms with Crippen LogP contribution in [0, 0.1) is 0 Å². The predicted molar refractivity (Wildman–Crippen MR) is 112 cm³/mol. The van der Waals surface area contributed by atoms with Gasteiger partial charge in [-0.2, -0.15) is 0 Å². The largest absolute Gasteiger partial charge is 0.497 e. The van der Waals surface area contributed by atoms with E-state index in [9.17, 15) is 9.59 Å². The van der Waals surface area contributed by atoms with E-state index in [2.05, 4.69) is 4.98 Å². The molecule has 6 nitrogen and oxygen atoms in total. The van der Waals surface area contributed by atoms with Gasteiger partial charge in [0.2, 0.25) is 5.91 Å². The van der Waals surface area contributed by atoms with Gasteiger partial charge in [0.1, 0.15) is 10.8 Å². The highest BCUT2D eigenvalue weighted by Gasteiger charge is 2.27. The Balaban J connectivity index is 1.73. The Labute approximate surface area is 175 Å². The van der Waals surface area contributed by atoms with Crippen molar-refractivity contribution in [2.75, 3.05) is 13.7 Å². The Hall–Kier alpha value is -2.41. The first-order valence-corrected chi connectivity index (χ1v) is 11.0. The van der Waals surface area contributed by atoms with Crippen molar-refractivity contribution in [2.24, 2.45) is 0 Å². The van der Waals surface area contributed by atoms with E-state index in [4.69, 9.17) is 9.47 Å². The standard InChI is InChI=1S/C22H28N2O4S/c1-3-28-22(26)19-15-29-20(23-19)14-24(17-7-5-4-6-8-17)21(25)13-16-9-11-18(27-2)12-10-16/h9-12,15,17H,3-8,13-14H2,1-2H3. The number of hydrogen-bond donors (Lipinski definition) is 0. The van der Waals surface area contributed by atoms with E-state index in [0.717, 1.165) is 42.0 Å². The van der Waals surface area contributed by atoms with Crippen LogP contribution in [0.1, 0.15) is 60.1 Å². The molecule has 7 heteroatoms. The molecule has 0 unspecified atom stereocenters. The summed E-state index contributed by atoms with van der Waals surface area (Å²) >= 11 is 1.40. The summed E-state index contributed by atoms with van der Waals surface area (Å²) in [5.41, 5.74) is 1.28. The predicted octanol–water partition coefficient (Wildman–Crippen LogP) is 4.23. The number of hydrogen-bond acceptors (Lipinski definition) is 6. The first kappa shape index (κ1) is 21.3. The molecule has 1 heterocycles. The quantitative estimate of drug-likeness (QED) is 0.602. The van der Waals surface area contributed by atoms with Crippen LogP contribution in [-0.4, -0.2) is 41.5 Å². The molecule has 1 aliphatic carbocycles. The van der Waals surface area contributed by atoms with Gasteiger partial charge in [-0.15, -0.1) is 11.3 Å². The van der Waals surface area contributed by atoms with Crippen LogP contribution in [0.2, 0.25) is 0 Å². The fourth-order valence-electron chi connectivity index (χ4n) is 3.66. The molecular weight excluding hydrogens is 388 g/mol. The lowest BCUT2D eigenvalue weighted by Crippen LogP contribution is -2.41. The number of carbonyl (C=O) groups excluding carboxylic acids is 2. The van der Waals surface area contributed by atoms with E-state index in [-0.39, 0.29) is 11.9 Å². The number of aromatic nitrogens is 1. The summed E-state index contributed by atoms with van der Waals surface area (Å²) in [5.74, 6) is 0.457. The number of thiazole rings is 1. The molecular formula is C22H28N2O4S. The molecule has 0 radical (unpaired) electrons. The Bertz CT molecular complexity index is 812. The van der Waals surface area contributed by atoms with E-state index >= 15 is 0 Å². The topological polar surface area (TPSA) is 68.7 Å². The Morgan fingerprint density at radius 3 is 2.55 bits per heavy atom. The average molecular weight is 417 g/mol. The lowest BCUT2D eigenvalue weighted by Gasteiger charge is -2.34. The summed E-state index contributed by atoms with van der Waals surface area (Å²) in [7, 11) is 1.63. The zero-order valence-electron chi connectivity index (χ0n) is 17.1. The molecule has 1 fully saturated rings. The molecule has 29 heavy (non-hydrogen) atoms. The Morgan fingerprint density at radius 1 is 1.17 bits per heavy atom. The molecule has 0 N–H and O–H groups in total. The second-order valence-corrected chi connectivity index (χ2v) is 8.13. The molecule has 0 saturated heterocycles. The third kappa shape index (κ3) is 5.79. The zero-order valence-corrected chi connectivity index (χ0v) is 17.9. The van der Waals surface area contributed by atoms with Gasteiger partial charge in [0.25, 0.3) is 0 Å². The average Bonchev–Trinajstić information content (AvgIpc) is 3.22. The van der Waals surface area contributed by atoms with Crippen molar-refractivity contribution in [3.05, 3.63) is 45.9 Å². The lowest BCUT2D eigenvalue weighted by atomic mass is 9.93. The van der Waals surface area contributed by atoms with E-state index in [0.29, 0.717) is 25.3 Å². The summed E-state index contributed by atoms with van der Waals surface area (Å²) in [5, 5.41) is 2.47. The molecule has 156 valence electrons. The zero-order chi connectivity index (χ0) is 20.6. The monoisotopic (exact) mass is 416 g/mol. The van der Waals surface area contributed by atoms with Crippen molar-refractivity contribution < 1.29 is 19.1 Å². The van der Waals surface area contributed by atoms with Crippen LogP contribution in [-0.2, 0) is 22.5 Å². The van der Waals surface area contributed by atoms with Gasteiger partial charge in [0, 0.05) is 11.4 Å². The van der Waals surface area contributed by atoms with Gasteiger partial charge in [-0.05, 0) is 37.5 Å². The molecule has 0 aliphatic heterocycles. The van der Waals surface area contributed by atoms with E-state index < -0.39 is 5.97 Å². The van der Waals surface area contributed by atoms with Crippen LogP contribution in [0.5, 0.6) is 5.75 Å². The third-order valence-electron chi connectivity index (χ3n) is 5.19. The molecule has 1 saturated carbocycles. The van der Waals surface area contributed by atoms with Crippen molar-refractivity contribution in [1.82, 2.24) is 9.88 Å². The lowest BCUT2D eigenvalue weighted by molar-refractivity contribution is -0.134. The number of carbonyl (C=O) groups is 2. The Morgan fingerprint density at radius 2 is 1.90 bits per heavy atom. The van der Waals surface area contributed by atoms with Crippen LogP contribution in [0.4, 0.5) is 0 Å². The Kier molecular flexibility index (Phi) is 7.63. The number of rotatable bonds is 8. The molecule has 0 bridgehead atoms. The summed E-state index contributed by atoms with van der Waals surface area (Å²) < 4.78 is 10.2. The van der Waals surface area contributed by atoms with Crippen LogP contribution >= 0.6 is 11.3 Å². The molecule has 1 aliphatic rings. The van der Waals surface area contributed by atoms with Gasteiger partial charge in [-0.25, -0.2) is 9.78 Å². The van der Waals surface area contributed by atoms with Crippen LogP contribution in [0.3, 0.4) is 0 Å². The fourth-order valence-corrected chi connectivity index (χ4v) is 4.42. The highest BCUT2D eigenvalue weighted by atomic mass is 32.1. The third-order valence-corrected chi connectivity index (χ3v) is 6.03. The summed E-state index contributed by atoms with van der Waals surface area (Å²) in [6, 6.07) is 7.83. The van der Waals surface area contributed by atoms with Crippen LogP contribution in [0.25, 0.3) is 0 Å². The minimum atomic E-state index is -0.413. The second-order valence-electron chi connectivity index (χ2n) is 7.19. The van der Waals surface area contributed by atoms with E-state index in [1.54, 1.807) is 19.4 Å². The van der Waals surface area contributed by atoms with Gasteiger partial charge in [0.15, 0.2) is 5.69 Å². The minimum absolute atomic E-state index is 0.0925. The van der Waals surface area contributed by atoms with Gasteiger partial charge in [0.05, 0.1) is 26.7 Å². The number of ether oxygens (including phenoxy) is 2. The minimum Gasteiger partial charge on any atom is -0.497 e. The maximum atomic E-state index is 13.2. The van der Waals surface area contributed by atoms with Crippen LogP contribution < -0.4 is 4.74 Å². The fraction of sp³-hybridized carbons (Fsp3) is 0.500. The maximum absolute atomic E-state index is 13.2. The van der Waals surface area contributed by atoms with Gasteiger partial charge >= 0.3 is 5.97 Å². The number of nitrogens with zero attached hydrogens (tertiary/aromatic N) is 2. The SMILES string of the molecule is CCOC(=O)c1csc(CN(C(=O)Cc2ccc(OC)cc2)C2CCCCC2)n1. The number of esters is 1. The molecule has 0 atom stereocenters. The maximum Gasteiger partial charge on any atom is 0.357 e. The first-order chi connectivity index (χ1) is 14.1. The molecule has 2 aromatic rings. The summed E-state index contributed by atoms with van der Waals surface area (Å²) in [6.45, 7) is 2.53. The van der Waals surface area contributed by atoms with Crippen molar-refractivity contribution in [1.29, 1.82) is 0 Å². The van der Waals surface area contributed by atoms with Gasteiger partial charge in [-0.1, -0.05) is 31.4 Å². The van der Waals surface area contributed by atoms with E-state index in [1.807, 2.05) is 29.2 Å². The number of amides is 1. The van der Waals surface area contributed by atoms with Crippen molar-refractivity contribution in [2.45, 2.75) is 58.0 Å². The summed E-state index contributed by atoms with van der Waals surface area (Å²) in [6.07, 6.45) is 5.89. The second kappa shape index (κ2) is 10.4. The smallest absolute Gasteiger partial charge is 0.357 e. The molecule has 1 aromatic carbocycles. The number of methoxy groups -OCH3 is 1. The van der Waals surface area contributed by atoms with Crippen LogP contribution in [0.15, 0.2) is 29.6 Å². The first-order valence-electron chi connectivity index (χ1n) is 10.1. The highest BCUT2D eigenvalue weighted by molar-refractivity contribution is 7.09. The van der Waals surface area contributed by atoms with Crippen molar-refractivity contribution in [3.63, 3.8) is 0 Å². The number of benzene rings is 1.